The van der Waals surface area contributed by atoms with Crippen molar-refractivity contribution in [2.24, 2.45) is 0 Å². The lowest BCUT2D eigenvalue weighted by Crippen LogP contribution is -2.11. The number of ether oxygens (including phenoxy) is 1. The predicted octanol–water partition coefficient (Wildman–Crippen LogP) is 4.36. The highest BCUT2D eigenvalue weighted by Gasteiger charge is 2.15. The standard InChI is InChI=1S/C17H19IO2/c1-13(19)6-7-14-12-15(17(2,3)4)8-9-16(14)20-11-5-10-18/h6-9,12H,11H2,1-4H3/b7-6+. The van der Waals surface area contributed by atoms with E-state index in [1.807, 2.05) is 28.7 Å². The molecule has 1 aromatic carbocycles. The van der Waals surface area contributed by atoms with Crippen molar-refractivity contribution in [2.45, 2.75) is 33.1 Å². The summed E-state index contributed by atoms with van der Waals surface area (Å²) >= 11 is 1.98. The number of carbonyl (C=O) groups excluding carboxylic acids is 1. The first kappa shape index (κ1) is 16.8. The third-order valence-electron chi connectivity index (χ3n) is 2.74. The molecule has 106 valence electrons. The van der Waals surface area contributed by atoms with Crippen molar-refractivity contribution >= 4 is 34.5 Å². The molecule has 2 nitrogen and oxygen atoms in total. The summed E-state index contributed by atoms with van der Waals surface area (Å²) in [6, 6.07) is 6.06. The second kappa shape index (κ2) is 7.49. The third kappa shape index (κ3) is 5.38. The molecule has 0 bridgehead atoms. The molecule has 0 spiro atoms. The van der Waals surface area contributed by atoms with Crippen molar-refractivity contribution < 1.29 is 9.53 Å². The SMILES string of the molecule is CC(=O)/C=C/c1cc(C(C)(C)C)ccc1OCC#CI. The van der Waals surface area contributed by atoms with Crippen molar-refractivity contribution in [3.8, 4) is 15.6 Å². The Morgan fingerprint density at radius 2 is 2.10 bits per heavy atom. The summed E-state index contributed by atoms with van der Waals surface area (Å²) in [6.45, 7) is 8.35. The van der Waals surface area contributed by atoms with Gasteiger partial charge in [-0.3, -0.25) is 4.79 Å². The number of ketones is 1. The number of hydrogen-bond donors (Lipinski definition) is 0. The van der Waals surface area contributed by atoms with Gasteiger partial charge in [0, 0.05) is 28.2 Å². The van der Waals surface area contributed by atoms with Crippen LogP contribution >= 0.6 is 22.6 Å². The van der Waals surface area contributed by atoms with Crippen LogP contribution in [0.25, 0.3) is 6.08 Å². The Morgan fingerprint density at radius 1 is 1.40 bits per heavy atom. The Hall–Kier alpha value is -1.28. The van der Waals surface area contributed by atoms with Crippen molar-refractivity contribution in [1.82, 2.24) is 0 Å². The van der Waals surface area contributed by atoms with Crippen LogP contribution in [0.1, 0.15) is 38.8 Å². The second-order valence-corrected chi connectivity index (χ2v) is 6.05. The maximum absolute atomic E-state index is 11.1. The molecule has 0 amide bonds. The van der Waals surface area contributed by atoms with Gasteiger partial charge in [0.1, 0.15) is 12.4 Å². The van der Waals surface area contributed by atoms with Crippen LogP contribution in [-0.2, 0) is 10.2 Å². The highest BCUT2D eigenvalue weighted by Crippen LogP contribution is 2.28. The number of allylic oxidation sites excluding steroid dienone is 1. The van der Waals surface area contributed by atoms with Gasteiger partial charge in [0.15, 0.2) is 5.78 Å². The van der Waals surface area contributed by atoms with Crippen LogP contribution < -0.4 is 4.74 Å². The van der Waals surface area contributed by atoms with Crippen LogP contribution in [0.3, 0.4) is 0 Å². The van der Waals surface area contributed by atoms with E-state index in [9.17, 15) is 4.79 Å². The molecular weight excluding hydrogens is 363 g/mol. The largest absolute Gasteiger partial charge is 0.480 e. The van der Waals surface area contributed by atoms with E-state index in [0.717, 1.165) is 11.3 Å². The van der Waals surface area contributed by atoms with E-state index >= 15 is 0 Å². The van der Waals surface area contributed by atoms with E-state index in [4.69, 9.17) is 4.74 Å². The van der Waals surface area contributed by atoms with Gasteiger partial charge < -0.3 is 4.74 Å². The topological polar surface area (TPSA) is 26.3 Å². The van der Waals surface area contributed by atoms with Gasteiger partial charge in [-0.05, 0) is 46.1 Å². The number of benzene rings is 1. The van der Waals surface area contributed by atoms with Crippen LogP contribution in [0.2, 0.25) is 0 Å². The highest BCUT2D eigenvalue weighted by atomic mass is 127. The molecule has 0 aromatic heterocycles. The van der Waals surface area contributed by atoms with Crippen molar-refractivity contribution in [2.75, 3.05) is 6.61 Å². The van der Waals surface area contributed by atoms with E-state index in [1.54, 1.807) is 12.2 Å². The fraction of sp³-hybridized carbons (Fsp3) is 0.353. The van der Waals surface area contributed by atoms with Gasteiger partial charge in [-0.2, -0.15) is 0 Å². The lowest BCUT2D eigenvalue weighted by atomic mass is 9.86. The quantitative estimate of drug-likeness (QED) is 0.440. The van der Waals surface area contributed by atoms with Gasteiger partial charge in [-0.1, -0.05) is 32.8 Å². The minimum atomic E-state index is 0.0177. The molecule has 0 aliphatic rings. The Morgan fingerprint density at radius 3 is 2.65 bits per heavy atom. The first-order valence-electron chi connectivity index (χ1n) is 6.39. The highest BCUT2D eigenvalue weighted by molar-refractivity contribution is 14.1. The minimum absolute atomic E-state index is 0.0177. The zero-order valence-electron chi connectivity index (χ0n) is 12.3. The summed E-state index contributed by atoms with van der Waals surface area (Å²) < 4.78 is 8.40. The summed E-state index contributed by atoms with van der Waals surface area (Å²) in [6.07, 6.45) is 3.35. The predicted molar refractivity (Wildman–Crippen MR) is 92.1 cm³/mol. The first-order valence-corrected chi connectivity index (χ1v) is 7.47. The van der Waals surface area contributed by atoms with Gasteiger partial charge in [0.2, 0.25) is 0 Å². The molecule has 20 heavy (non-hydrogen) atoms. The molecule has 0 unspecified atom stereocenters. The smallest absolute Gasteiger partial charge is 0.152 e. The molecule has 1 aromatic rings. The molecule has 0 aliphatic heterocycles. The molecule has 1 rings (SSSR count). The fourth-order valence-electron chi connectivity index (χ4n) is 1.62. The maximum atomic E-state index is 11.1. The van der Waals surface area contributed by atoms with Gasteiger partial charge in [0.05, 0.1) is 0 Å². The van der Waals surface area contributed by atoms with E-state index in [-0.39, 0.29) is 11.2 Å². The van der Waals surface area contributed by atoms with Crippen LogP contribution in [0.15, 0.2) is 24.3 Å². The summed E-state index contributed by atoms with van der Waals surface area (Å²) in [5.74, 6) is 3.62. The average Bonchev–Trinajstić information content (AvgIpc) is 2.36. The van der Waals surface area contributed by atoms with E-state index < -0.39 is 0 Å². The van der Waals surface area contributed by atoms with Gasteiger partial charge >= 0.3 is 0 Å². The molecule has 0 radical (unpaired) electrons. The number of halogens is 1. The molecule has 0 saturated carbocycles. The number of carbonyl (C=O) groups is 1. The zero-order valence-corrected chi connectivity index (χ0v) is 14.4. The van der Waals surface area contributed by atoms with Crippen molar-refractivity contribution in [1.29, 1.82) is 0 Å². The summed E-state index contributed by atoms with van der Waals surface area (Å²) in [7, 11) is 0. The van der Waals surface area contributed by atoms with Gasteiger partial charge in [0.25, 0.3) is 0 Å². The van der Waals surface area contributed by atoms with E-state index in [2.05, 4.69) is 42.8 Å². The second-order valence-electron chi connectivity index (χ2n) is 5.51. The normalized spacial score (nSPS) is 11.1. The fourth-order valence-corrected chi connectivity index (χ4v) is 1.78. The molecular formula is C17H19IO2. The number of hydrogen-bond acceptors (Lipinski definition) is 2. The molecule has 0 saturated heterocycles. The third-order valence-corrected chi connectivity index (χ3v) is 3.12. The van der Waals surface area contributed by atoms with E-state index in [0.29, 0.717) is 6.61 Å². The Kier molecular flexibility index (Phi) is 6.28. The Balaban J connectivity index is 3.14. The van der Waals surface area contributed by atoms with E-state index in [1.165, 1.54) is 12.5 Å². The minimum Gasteiger partial charge on any atom is -0.480 e. The lowest BCUT2D eigenvalue weighted by molar-refractivity contribution is -0.112. The summed E-state index contributed by atoms with van der Waals surface area (Å²) in [5, 5.41) is 0. The van der Waals surface area contributed by atoms with Crippen molar-refractivity contribution in [3.63, 3.8) is 0 Å². The molecule has 0 atom stereocenters. The van der Waals surface area contributed by atoms with Crippen LogP contribution in [-0.4, -0.2) is 12.4 Å². The van der Waals surface area contributed by atoms with Crippen LogP contribution in [0.5, 0.6) is 5.75 Å². The van der Waals surface area contributed by atoms with Gasteiger partial charge in [-0.25, -0.2) is 0 Å². The Labute approximate surface area is 134 Å². The number of rotatable bonds is 4. The molecule has 0 fully saturated rings. The molecule has 0 heterocycles. The molecule has 0 N–H and O–H groups in total. The summed E-state index contributed by atoms with van der Waals surface area (Å²) in [4.78, 5) is 11.1. The molecule has 3 heteroatoms. The zero-order chi connectivity index (χ0) is 15.2. The van der Waals surface area contributed by atoms with Crippen molar-refractivity contribution in [3.05, 3.63) is 35.4 Å². The van der Waals surface area contributed by atoms with Crippen LogP contribution in [0, 0.1) is 9.85 Å². The maximum Gasteiger partial charge on any atom is 0.152 e. The lowest BCUT2D eigenvalue weighted by Gasteiger charge is -2.20. The summed E-state index contributed by atoms with van der Waals surface area (Å²) in [5.41, 5.74) is 2.16. The van der Waals surface area contributed by atoms with Crippen LogP contribution in [0.4, 0.5) is 0 Å². The monoisotopic (exact) mass is 382 g/mol. The molecule has 0 aliphatic carbocycles. The average molecular weight is 382 g/mol. The Bertz CT molecular complexity index is 569. The van der Waals surface area contributed by atoms with Gasteiger partial charge in [-0.15, -0.1) is 0 Å². The first-order chi connectivity index (χ1) is 9.34.